The number of hydrogen-bond donors (Lipinski definition) is 15. The summed E-state index contributed by atoms with van der Waals surface area (Å²) in [6.45, 7) is -0.211. The first-order valence-electron chi connectivity index (χ1n) is 37.0. The van der Waals surface area contributed by atoms with Crippen LogP contribution in [-0.4, -0.2) is 301 Å². The minimum Gasteiger partial charge on any atom is -0.429 e. The van der Waals surface area contributed by atoms with Crippen LogP contribution in [0.15, 0.2) is 30.3 Å². The van der Waals surface area contributed by atoms with Gasteiger partial charge in [0.2, 0.25) is 11.8 Å². The van der Waals surface area contributed by atoms with Crippen molar-refractivity contribution in [3.05, 3.63) is 35.9 Å². The number of benzene rings is 1. The summed E-state index contributed by atoms with van der Waals surface area (Å²) < 4.78 is 149. The fourth-order valence-corrected chi connectivity index (χ4v) is 14.5. The molecule has 0 aliphatic carbocycles. The molecule has 3 fully saturated rings. The van der Waals surface area contributed by atoms with E-state index in [0.717, 1.165) is 0 Å². The number of phosphoric acid groups is 4. The number of hydrogen-bond acceptors (Lipinski definition) is 35. The molecule has 0 aromatic heterocycles. The Bertz CT molecular complexity index is 2730. The number of unbranched alkanes of at least 4 members (excludes halogenated alkanes) is 8. The number of carbonyl (C=O) groups excluding carboxylic acids is 4. The minimum atomic E-state index is -4.80. The van der Waals surface area contributed by atoms with Gasteiger partial charge in [0, 0.05) is 71.2 Å². The number of ketones is 1. The maximum absolute atomic E-state index is 12.9. The van der Waals surface area contributed by atoms with Crippen molar-refractivity contribution in [1.29, 1.82) is 0 Å². The van der Waals surface area contributed by atoms with E-state index in [1.165, 1.54) is 20.8 Å². The lowest BCUT2D eigenvalue weighted by molar-refractivity contribution is -0.285. The van der Waals surface area contributed by atoms with Gasteiger partial charge in [0.05, 0.1) is 92.0 Å². The predicted octanol–water partition coefficient (Wildman–Crippen LogP) is 2.11. The van der Waals surface area contributed by atoms with Gasteiger partial charge < -0.3 is 128 Å². The van der Waals surface area contributed by atoms with Gasteiger partial charge in [-0.3, -0.25) is 46.1 Å². The van der Waals surface area contributed by atoms with E-state index in [-0.39, 0.29) is 182 Å². The molecule has 45 heteroatoms. The first-order valence-corrected chi connectivity index (χ1v) is 43.0. The van der Waals surface area contributed by atoms with E-state index in [4.69, 9.17) is 79.0 Å². The van der Waals surface area contributed by atoms with E-state index in [9.17, 15) is 103 Å². The highest BCUT2D eigenvalue weighted by Gasteiger charge is 2.48. The quantitative estimate of drug-likeness (QED) is 0.0252. The lowest BCUT2D eigenvalue weighted by Crippen LogP contribution is -2.64. The van der Waals surface area contributed by atoms with Gasteiger partial charge in [0.25, 0.3) is 0 Å². The first kappa shape index (κ1) is 100. The molecule has 0 spiro atoms. The summed E-state index contributed by atoms with van der Waals surface area (Å²) in [7, 11) is -18.6. The van der Waals surface area contributed by atoms with Crippen LogP contribution in [0.25, 0.3) is 0 Å². The van der Waals surface area contributed by atoms with Crippen LogP contribution in [0.4, 0.5) is 4.79 Å². The van der Waals surface area contributed by atoms with Gasteiger partial charge in [-0.1, -0.05) is 56.0 Å². The van der Waals surface area contributed by atoms with Crippen LogP contribution < -0.4 is 10.6 Å². The van der Waals surface area contributed by atoms with Gasteiger partial charge in [0.15, 0.2) is 18.9 Å². The number of aliphatic hydroxyl groups is 9. The van der Waals surface area contributed by atoms with Crippen LogP contribution in [-0.2, 0) is 123 Å². The highest BCUT2D eigenvalue weighted by molar-refractivity contribution is 7.48. The third-order valence-electron chi connectivity index (χ3n) is 17.3. The van der Waals surface area contributed by atoms with Gasteiger partial charge in [0.1, 0.15) is 73.3 Å². The molecule has 111 heavy (non-hydrogen) atoms. The van der Waals surface area contributed by atoms with Crippen molar-refractivity contribution < 1.29 is 187 Å². The highest BCUT2D eigenvalue weighted by Crippen LogP contribution is 2.46. The van der Waals surface area contributed by atoms with Crippen LogP contribution in [0.2, 0.25) is 0 Å². The molecular weight excluding hydrogens is 1570 g/mol. The third kappa shape index (κ3) is 40.7. The van der Waals surface area contributed by atoms with Gasteiger partial charge >= 0.3 is 37.4 Å². The van der Waals surface area contributed by atoms with Gasteiger partial charge in [-0.05, 0) is 89.5 Å². The van der Waals surface area contributed by atoms with Crippen molar-refractivity contribution in [3.8, 4) is 0 Å². The molecule has 3 heterocycles. The van der Waals surface area contributed by atoms with Crippen LogP contribution in [0.5, 0.6) is 0 Å². The standard InChI is InChI=1S/C66H118N2O39P4/c1-46(72)38-50-56(75)57(76)51(39-69)104-62(50)93-28-14-17-33-99-109(84,85)101-36-20-26-91-44-66(43-90-25-11-4-5-12-32-103-111(88,89)107-65(81)96-42-49-22-8-6-9-23-49,24-10-7-13-31-97-108(82,83)98-34-18-15-29-94-63-54(67-47(2)73)60(79)58(77)52(40-70)105-63)45-92-27-21-37-102-110(86,87)100-35-19-16-30-95-64-55(68-48(3)74)61(80)59(78)53(41-71)106-64/h6,8-9,22-23,50-64,69-71,75-80H,4-5,7,10-21,24-45H2,1-3H3,(H,67,73)(H,68,74)(H,82,83)(H,84,85)(H,86,87)(H,88,89). The molecule has 2 amide bonds. The Morgan fingerprint density at radius 1 is 0.414 bits per heavy atom. The number of amides is 2. The van der Waals surface area contributed by atoms with Crippen molar-refractivity contribution in [2.75, 3.05) is 126 Å². The summed E-state index contributed by atoms with van der Waals surface area (Å²) in [6.07, 6.45) is -12.9. The number of nitrogens with one attached hydrogen (secondary N) is 2. The molecule has 0 bridgehead atoms. The van der Waals surface area contributed by atoms with E-state index >= 15 is 0 Å². The number of aliphatic hydroxyl groups excluding tert-OH is 9. The van der Waals surface area contributed by atoms with Crippen molar-refractivity contribution in [1.82, 2.24) is 10.6 Å². The lowest BCUT2D eigenvalue weighted by atomic mass is 9.84. The average Bonchev–Trinajstić information content (AvgIpc) is 0.818. The second-order valence-electron chi connectivity index (χ2n) is 26.8. The van der Waals surface area contributed by atoms with E-state index in [2.05, 4.69) is 15.2 Å². The zero-order valence-corrected chi connectivity index (χ0v) is 66.5. The molecule has 3 saturated heterocycles. The SMILES string of the molecule is CC(=O)CC1C(OCCCCOP(=O)(O)OCCCOCC(CCCCCOP(=O)(O)OCCCCOC2OC(CO)C(O)C(O)C2NC(C)=O)(COCCCCCCOP(=O)(O)OC(=O)OCc2ccccc2)COCCCOP(=O)(O)OCCCCOC2OC(CO)C(O)C(O)C2NC(C)=O)OC(CO)C(O)C1O. The molecule has 0 radical (unpaired) electrons. The highest BCUT2D eigenvalue weighted by atomic mass is 31.2. The fourth-order valence-electron chi connectivity index (χ4n) is 11.5. The molecule has 0 saturated carbocycles. The molecule has 1 aromatic carbocycles. The molecule has 1 aromatic rings. The summed E-state index contributed by atoms with van der Waals surface area (Å²) in [5, 5.41) is 96.2. The molecule has 41 nitrogen and oxygen atoms in total. The number of Topliss-reactive ketones (excluding diaryl/α,β-unsaturated/α-hetero) is 1. The van der Waals surface area contributed by atoms with Gasteiger partial charge in [-0.15, -0.1) is 0 Å². The Balaban J connectivity index is 1.34. The minimum absolute atomic E-state index is 0.00531. The van der Waals surface area contributed by atoms with Crippen molar-refractivity contribution in [2.45, 2.75) is 222 Å². The van der Waals surface area contributed by atoms with Crippen molar-refractivity contribution in [2.24, 2.45) is 11.3 Å². The van der Waals surface area contributed by atoms with E-state index in [0.29, 0.717) is 50.5 Å². The summed E-state index contributed by atoms with van der Waals surface area (Å²) in [6, 6.07) is 6.24. The zero-order chi connectivity index (χ0) is 81.9. The topological polar surface area (TPSA) is 590 Å². The Morgan fingerprint density at radius 3 is 1.14 bits per heavy atom. The number of rotatable bonds is 62. The molecule has 15 N–H and O–H groups in total. The number of carbonyl (C=O) groups is 4. The first-order chi connectivity index (χ1) is 52.8. The molecule has 20 unspecified atom stereocenters. The summed E-state index contributed by atoms with van der Waals surface area (Å²) in [4.78, 5) is 89.1. The van der Waals surface area contributed by atoms with E-state index in [1.54, 1.807) is 30.3 Å². The van der Waals surface area contributed by atoms with Crippen LogP contribution >= 0.6 is 31.3 Å². The zero-order valence-electron chi connectivity index (χ0n) is 62.9. The predicted molar refractivity (Wildman–Crippen MR) is 383 cm³/mol. The molecule has 20 atom stereocenters. The Hall–Kier alpha value is -3.14. The Labute approximate surface area is 645 Å². The second kappa shape index (κ2) is 54.0. The maximum atomic E-state index is 12.9. The molecule has 3 aliphatic rings. The maximum Gasteiger partial charge on any atom is 0.531 e. The van der Waals surface area contributed by atoms with Crippen LogP contribution in [0.1, 0.15) is 135 Å². The second-order valence-corrected chi connectivity index (χ2v) is 32.5. The van der Waals surface area contributed by atoms with E-state index in [1.807, 2.05) is 0 Å². The van der Waals surface area contributed by atoms with E-state index < -0.39 is 166 Å². The smallest absolute Gasteiger partial charge is 0.429 e. The third-order valence-corrected chi connectivity index (χ3v) is 21.2. The largest absolute Gasteiger partial charge is 0.531 e. The Kier molecular flexibility index (Phi) is 48.8. The van der Waals surface area contributed by atoms with Gasteiger partial charge in [-0.25, -0.2) is 23.1 Å². The summed E-state index contributed by atoms with van der Waals surface area (Å²) in [5.41, 5.74) is -0.334. The summed E-state index contributed by atoms with van der Waals surface area (Å²) >= 11 is 0. The van der Waals surface area contributed by atoms with Crippen LogP contribution in [0.3, 0.4) is 0 Å². The van der Waals surface area contributed by atoms with Crippen LogP contribution in [0, 0.1) is 11.3 Å². The molecule has 4 rings (SSSR count). The van der Waals surface area contributed by atoms with Gasteiger partial charge in [-0.2, -0.15) is 0 Å². The monoisotopic (exact) mass is 1690 g/mol. The molecule has 646 valence electrons. The normalized spacial score (nSPS) is 27.0. The average molecular weight is 1690 g/mol. The number of ether oxygens (including phenoxy) is 10. The summed E-state index contributed by atoms with van der Waals surface area (Å²) in [5.74, 6) is -2.28. The lowest BCUT2D eigenvalue weighted by Gasteiger charge is -2.42. The van der Waals surface area contributed by atoms with Crippen molar-refractivity contribution in [3.63, 3.8) is 0 Å². The molecule has 3 aliphatic heterocycles. The number of phosphoric ester groups is 4. The van der Waals surface area contributed by atoms with Crippen molar-refractivity contribution >= 4 is 55.0 Å². The fraction of sp³-hybridized carbons (Fsp3) is 0.848. The Morgan fingerprint density at radius 2 is 0.748 bits per heavy atom. The molecular formula is C66H118N2O39P4.